The number of halogens is 1. The van der Waals surface area contributed by atoms with Gasteiger partial charge in [-0.3, -0.25) is 0 Å². The van der Waals surface area contributed by atoms with Gasteiger partial charge < -0.3 is 19.9 Å². The summed E-state index contributed by atoms with van der Waals surface area (Å²) in [6.45, 7) is 6.53. The Morgan fingerprint density at radius 3 is 2.75 bits per heavy atom. The van der Waals surface area contributed by atoms with Gasteiger partial charge in [0.1, 0.15) is 0 Å². The Kier molecular flexibility index (Phi) is 5.69. The molecule has 1 aliphatic heterocycles. The average molecular weight is 344 g/mol. The third kappa shape index (κ3) is 3.87. The molecule has 0 amide bonds. The minimum atomic E-state index is -0.0918. The summed E-state index contributed by atoms with van der Waals surface area (Å²) >= 11 is 3.53. The van der Waals surface area contributed by atoms with Crippen LogP contribution in [0, 0.1) is 5.92 Å². The first kappa shape index (κ1) is 15.6. The predicted octanol–water partition coefficient (Wildman–Crippen LogP) is 2.89. The monoisotopic (exact) mass is 343 g/mol. The zero-order valence-corrected chi connectivity index (χ0v) is 13.6. The van der Waals surface area contributed by atoms with Crippen molar-refractivity contribution in [2.75, 3.05) is 26.4 Å². The fourth-order valence-electron chi connectivity index (χ4n) is 2.12. The van der Waals surface area contributed by atoms with Crippen molar-refractivity contribution >= 4 is 15.9 Å². The van der Waals surface area contributed by atoms with Crippen LogP contribution in [0.25, 0.3) is 0 Å². The molecule has 0 saturated carbocycles. The number of hydrogen-bond donors (Lipinski definition) is 2. The smallest absolute Gasteiger partial charge is 0.175 e. The van der Waals surface area contributed by atoms with E-state index in [0.29, 0.717) is 19.1 Å². The van der Waals surface area contributed by atoms with Gasteiger partial charge in [-0.15, -0.1) is 0 Å². The Labute approximate surface area is 128 Å². The number of aliphatic hydroxyl groups excluding tert-OH is 1. The zero-order chi connectivity index (χ0) is 14.5. The molecular weight excluding hydrogens is 322 g/mol. The van der Waals surface area contributed by atoms with Gasteiger partial charge in [0, 0.05) is 6.42 Å². The van der Waals surface area contributed by atoms with E-state index in [0.717, 1.165) is 34.5 Å². The Hall–Kier alpha value is -0.780. The maximum Gasteiger partial charge on any atom is 0.175 e. The first-order valence-electron chi connectivity index (χ1n) is 7.05. The highest BCUT2D eigenvalue weighted by molar-refractivity contribution is 9.10. The van der Waals surface area contributed by atoms with Gasteiger partial charge in [-0.05, 0) is 46.1 Å². The molecular formula is C15H22BrNO3. The van der Waals surface area contributed by atoms with Gasteiger partial charge in [0.2, 0.25) is 0 Å². The molecule has 0 bridgehead atoms. The summed E-state index contributed by atoms with van der Waals surface area (Å²) < 4.78 is 12.3. The van der Waals surface area contributed by atoms with E-state index < -0.39 is 0 Å². The third-order valence-corrected chi connectivity index (χ3v) is 3.77. The van der Waals surface area contributed by atoms with Crippen molar-refractivity contribution in [2.24, 2.45) is 5.92 Å². The largest absolute Gasteiger partial charge is 0.490 e. The molecule has 1 aromatic carbocycles. The van der Waals surface area contributed by atoms with Crippen molar-refractivity contribution in [1.29, 1.82) is 0 Å². The SMILES string of the molecule is CC(C)CNC(CO)c1cc(Br)c2c(c1)OCCCO2. The van der Waals surface area contributed by atoms with Crippen LogP contribution in [-0.2, 0) is 0 Å². The molecule has 0 fully saturated rings. The van der Waals surface area contributed by atoms with Crippen molar-refractivity contribution in [1.82, 2.24) is 5.32 Å². The van der Waals surface area contributed by atoms with Crippen molar-refractivity contribution in [2.45, 2.75) is 26.3 Å². The van der Waals surface area contributed by atoms with Gasteiger partial charge in [-0.2, -0.15) is 0 Å². The molecule has 0 radical (unpaired) electrons. The number of rotatable bonds is 5. The second kappa shape index (κ2) is 7.29. The van der Waals surface area contributed by atoms with E-state index >= 15 is 0 Å². The van der Waals surface area contributed by atoms with Crippen LogP contribution in [-0.4, -0.2) is 31.5 Å². The Balaban J connectivity index is 2.22. The predicted molar refractivity (Wildman–Crippen MR) is 82.4 cm³/mol. The minimum Gasteiger partial charge on any atom is -0.490 e. The summed E-state index contributed by atoms with van der Waals surface area (Å²) in [5.74, 6) is 2.04. The Morgan fingerprint density at radius 1 is 1.30 bits per heavy atom. The van der Waals surface area contributed by atoms with Gasteiger partial charge in [0.25, 0.3) is 0 Å². The van der Waals surface area contributed by atoms with E-state index in [1.807, 2.05) is 12.1 Å². The molecule has 20 heavy (non-hydrogen) atoms. The number of benzene rings is 1. The maximum absolute atomic E-state index is 9.59. The summed E-state index contributed by atoms with van der Waals surface area (Å²) in [6.07, 6.45) is 0.880. The number of fused-ring (bicyclic) bond motifs is 1. The molecule has 1 aliphatic rings. The highest BCUT2D eigenvalue weighted by Gasteiger charge is 2.19. The molecule has 1 atom stereocenters. The highest BCUT2D eigenvalue weighted by Crippen LogP contribution is 2.39. The summed E-state index contributed by atoms with van der Waals surface area (Å²) in [6, 6.07) is 3.85. The molecule has 4 nitrogen and oxygen atoms in total. The van der Waals surface area contributed by atoms with Crippen LogP contribution in [0.4, 0.5) is 0 Å². The van der Waals surface area contributed by atoms with Gasteiger partial charge in [-0.1, -0.05) is 13.8 Å². The maximum atomic E-state index is 9.59. The van der Waals surface area contributed by atoms with Crippen LogP contribution in [0.3, 0.4) is 0 Å². The van der Waals surface area contributed by atoms with Crippen molar-refractivity contribution < 1.29 is 14.6 Å². The van der Waals surface area contributed by atoms with E-state index in [9.17, 15) is 5.11 Å². The molecule has 1 unspecified atom stereocenters. The quantitative estimate of drug-likeness (QED) is 0.863. The standard InChI is InChI=1S/C15H22BrNO3/c1-10(2)8-17-13(9-18)11-6-12(16)15-14(7-11)19-4-3-5-20-15/h6-7,10,13,17-18H,3-5,8-9H2,1-2H3. The van der Waals surface area contributed by atoms with Crippen LogP contribution in [0.1, 0.15) is 31.9 Å². The molecule has 112 valence electrons. The number of aliphatic hydroxyl groups is 1. The number of nitrogens with one attached hydrogen (secondary N) is 1. The van der Waals surface area contributed by atoms with Crippen molar-refractivity contribution in [3.05, 3.63) is 22.2 Å². The van der Waals surface area contributed by atoms with Gasteiger partial charge in [0.15, 0.2) is 11.5 Å². The Bertz CT molecular complexity index is 451. The summed E-state index contributed by atoms with van der Waals surface area (Å²) in [7, 11) is 0. The molecule has 0 aromatic heterocycles. The lowest BCUT2D eigenvalue weighted by Gasteiger charge is -2.20. The molecule has 1 heterocycles. The lowest BCUT2D eigenvalue weighted by molar-refractivity contribution is 0.240. The van der Waals surface area contributed by atoms with Crippen LogP contribution >= 0.6 is 15.9 Å². The topological polar surface area (TPSA) is 50.7 Å². The van der Waals surface area contributed by atoms with Crippen LogP contribution < -0.4 is 14.8 Å². The molecule has 0 saturated heterocycles. The number of ether oxygens (including phenoxy) is 2. The zero-order valence-electron chi connectivity index (χ0n) is 12.0. The molecule has 1 aromatic rings. The van der Waals surface area contributed by atoms with Gasteiger partial charge >= 0.3 is 0 Å². The first-order valence-corrected chi connectivity index (χ1v) is 7.84. The molecule has 0 aliphatic carbocycles. The van der Waals surface area contributed by atoms with E-state index in [1.165, 1.54) is 0 Å². The van der Waals surface area contributed by atoms with E-state index in [4.69, 9.17) is 9.47 Å². The van der Waals surface area contributed by atoms with Crippen LogP contribution in [0.15, 0.2) is 16.6 Å². The summed E-state index contributed by atoms with van der Waals surface area (Å²) in [5.41, 5.74) is 1.00. The number of hydrogen-bond acceptors (Lipinski definition) is 4. The van der Waals surface area contributed by atoms with E-state index in [2.05, 4.69) is 35.1 Å². The molecule has 5 heteroatoms. The lowest BCUT2D eigenvalue weighted by atomic mass is 10.1. The molecule has 0 spiro atoms. The third-order valence-electron chi connectivity index (χ3n) is 3.18. The minimum absolute atomic E-state index is 0.0544. The molecule has 2 rings (SSSR count). The van der Waals surface area contributed by atoms with Gasteiger partial charge in [-0.25, -0.2) is 0 Å². The average Bonchev–Trinajstić information content (AvgIpc) is 2.65. The van der Waals surface area contributed by atoms with Crippen LogP contribution in [0.5, 0.6) is 11.5 Å². The van der Waals surface area contributed by atoms with Crippen LogP contribution in [0.2, 0.25) is 0 Å². The second-order valence-corrected chi connectivity index (χ2v) is 6.27. The van der Waals surface area contributed by atoms with Crippen molar-refractivity contribution in [3.8, 4) is 11.5 Å². The normalized spacial score (nSPS) is 16.1. The lowest BCUT2D eigenvalue weighted by Crippen LogP contribution is -2.28. The summed E-state index contributed by atoms with van der Waals surface area (Å²) in [4.78, 5) is 0. The highest BCUT2D eigenvalue weighted by atomic mass is 79.9. The fourth-order valence-corrected chi connectivity index (χ4v) is 2.69. The van der Waals surface area contributed by atoms with Crippen molar-refractivity contribution in [3.63, 3.8) is 0 Å². The van der Waals surface area contributed by atoms with Gasteiger partial charge in [0.05, 0.1) is 30.3 Å². The molecule has 2 N–H and O–H groups in total. The fraction of sp³-hybridized carbons (Fsp3) is 0.600. The van der Waals surface area contributed by atoms with E-state index in [1.54, 1.807) is 0 Å². The second-order valence-electron chi connectivity index (χ2n) is 5.42. The first-order chi connectivity index (χ1) is 9.61. The van der Waals surface area contributed by atoms with E-state index in [-0.39, 0.29) is 12.6 Å². The summed E-state index contributed by atoms with van der Waals surface area (Å²) in [5, 5.41) is 13.0. The Morgan fingerprint density at radius 2 is 2.05 bits per heavy atom.